The monoisotopic (exact) mass is 194 g/mol. The molecule has 0 unspecified atom stereocenters. The van der Waals surface area contributed by atoms with Crippen molar-refractivity contribution in [1.29, 1.82) is 0 Å². The number of nitrogen functional groups attached to an aromatic ring is 1. The van der Waals surface area contributed by atoms with Crippen LogP contribution in [0.2, 0.25) is 5.02 Å². The van der Waals surface area contributed by atoms with Gasteiger partial charge in [0.25, 0.3) is 6.43 Å². The molecule has 1 aromatic heterocycles. The molecular formula is C6H5ClF2N2O. The number of hydrogen-bond acceptors (Lipinski definition) is 3. The molecule has 66 valence electrons. The molecule has 1 rings (SSSR count). The first-order valence-electron chi connectivity index (χ1n) is 2.95. The van der Waals surface area contributed by atoms with Gasteiger partial charge in [0.2, 0.25) is 0 Å². The molecule has 12 heavy (non-hydrogen) atoms. The summed E-state index contributed by atoms with van der Waals surface area (Å²) in [7, 11) is 0. The maximum absolute atomic E-state index is 12.1. The van der Waals surface area contributed by atoms with Crippen LogP contribution in [-0.2, 0) is 0 Å². The summed E-state index contributed by atoms with van der Waals surface area (Å²) in [5.74, 6) is -0.751. The number of pyridine rings is 1. The van der Waals surface area contributed by atoms with E-state index in [0.717, 1.165) is 6.07 Å². The number of hydrogen-bond donors (Lipinski definition) is 2. The number of halogens is 3. The summed E-state index contributed by atoms with van der Waals surface area (Å²) in [6.07, 6.45) is -2.79. The molecule has 0 aliphatic rings. The van der Waals surface area contributed by atoms with Gasteiger partial charge in [0.1, 0.15) is 5.69 Å². The number of rotatable bonds is 1. The van der Waals surface area contributed by atoms with Gasteiger partial charge in [0.15, 0.2) is 11.6 Å². The topological polar surface area (TPSA) is 59.1 Å². The molecule has 0 aliphatic heterocycles. The first kappa shape index (κ1) is 8.99. The molecule has 0 saturated carbocycles. The zero-order valence-corrected chi connectivity index (χ0v) is 6.52. The highest BCUT2D eigenvalue weighted by Gasteiger charge is 2.15. The van der Waals surface area contributed by atoms with Gasteiger partial charge in [-0.05, 0) is 0 Å². The average Bonchev–Trinajstić information content (AvgIpc) is 1.96. The molecule has 1 aromatic rings. The third kappa shape index (κ3) is 1.55. The summed E-state index contributed by atoms with van der Waals surface area (Å²) in [6, 6.07) is 0.936. The van der Waals surface area contributed by atoms with Gasteiger partial charge in [0, 0.05) is 6.07 Å². The molecule has 3 nitrogen and oxygen atoms in total. The molecule has 0 spiro atoms. The normalized spacial score (nSPS) is 10.7. The van der Waals surface area contributed by atoms with Crippen LogP contribution in [0.25, 0.3) is 0 Å². The lowest BCUT2D eigenvalue weighted by atomic mass is 10.3. The van der Waals surface area contributed by atoms with Gasteiger partial charge in [-0.2, -0.15) is 0 Å². The Labute approximate surface area is 71.8 Å². The molecular weight excluding hydrogens is 190 g/mol. The summed E-state index contributed by atoms with van der Waals surface area (Å²) in [6.45, 7) is 0. The Morgan fingerprint density at radius 1 is 1.58 bits per heavy atom. The van der Waals surface area contributed by atoms with Crippen molar-refractivity contribution in [1.82, 2.24) is 4.98 Å². The maximum atomic E-state index is 12.1. The number of nitrogens with two attached hydrogens (primary N) is 1. The lowest BCUT2D eigenvalue weighted by Gasteiger charge is -2.04. The van der Waals surface area contributed by atoms with Gasteiger partial charge in [0.05, 0.1) is 5.02 Å². The van der Waals surface area contributed by atoms with Crippen LogP contribution in [0.3, 0.4) is 0 Å². The molecule has 0 amide bonds. The minimum atomic E-state index is -2.79. The van der Waals surface area contributed by atoms with Crippen molar-refractivity contribution in [3.63, 3.8) is 0 Å². The first-order chi connectivity index (χ1) is 5.52. The van der Waals surface area contributed by atoms with E-state index in [9.17, 15) is 8.78 Å². The van der Waals surface area contributed by atoms with E-state index in [1.54, 1.807) is 0 Å². The second-order valence-electron chi connectivity index (χ2n) is 2.06. The van der Waals surface area contributed by atoms with Gasteiger partial charge in [-0.25, -0.2) is 13.8 Å². The standard InChI is InChI=1S/C6H5ClF2N2O/c7-2-1-3(12)6(10)11-4(2)5(8)9/h1,5,12H,(H2,10,11). The van der Waals surface area contributed by atoms with Gasteiger partial charge >= 0.3 is 0 Å². The Kier molecular flexibility index (Phi) is 2.32. The highest BCUT2D eigenvalue weighted by Crippen LogP contribution is 2.30. The summed E-state index contributed by atoms with van der Waals surface area (Å²) >= 11 is 5.34. The number of aromatic nitrogens is 1. The van der Waals surface area contributed by atoms with Gasteiger partial charge in [-0.3, -0.25) is 0 Å². The fourth-order valence-electron chi connectivity index (χ4n) is 0.661. The van der Waals surface area contributed by atoms with E-state index in [2.05, 4.69) is 4.98 Å². The van der Waals surface area contributed by atoms with Crippen LogP contribution in [0.15, 0.2) is 6.07 Å². The Morgan fingerprint density at radius 2 is 2.17 bits per heavy atom. The molecule has 6 heteroatoms. The quantitative estimate of drug-likeness (QED) is 0.719. The second kappa shape index (κ2) is 3.10. The van der Waals surface area contributed by atoms with E-state index in [4.69, 9.17) is 22.4 Å². The predicted octanol–water partition coefficient (Wildman–Crippen LogP) is 1.96. The van der Waals surface area contributed by atoms with Crippen molar-refractivity contribution < 1.29 is 13.9 Å². The van der Waals surface area contributed by atoms with Crippen molar-refractivity contribution in [2.45, 2.75) is 6.43 Å². The van der Waals surface area contributed by atoms with E-state index in [1.807, 2.05) is 0 Å². The molecule has 3 N–H and O–H groups in total. The molecule has 0 bridgehead atoms. The first-order valence-corrected chi connectivity index (χ1v) is 3.33. The largest absolute Gasteiger partial charge is 0.504 e. The van der Waals surface area contributed by atoms with Crippen molar-refractivity contribution in [2.24, 2.45) is 0 Å². The molecule has 1 heterocycles. The van der Waals surface area contributed by atoms with E-state index >= 15 is 0 Å². The van der Waals surface area contributed by atoms with Gasteiger partial charge < -0.3 is 10.8 Å². The minimum Gasteiger partial charge on any atom is -0.504 e. The highest BCUT2D eigenvalue weighted by atomic mass is 35.5. The number of alkyl halides is 2. The maximum Gasteiger partial charge on any atom is 0.281 e. The lowest BCUT2D eigenvalue weighted by Crippen LogP contribution is -1.97. The van der Waals surface area contributed by atoms with Crippen molar-refractivity contribution in [2.75, 3.05) is 5.73 Å². The highest BCUT2D eigenvalue weighted by molar-refractivity contribution is 6.31. The van der Waals surface area contributed by atoms with Crippen molar-refractivity contribution in [3.05, 3.63) is 16.8 Å². The third-order valence-electron chi connectivity index (χ3n) is 1.22. The van der Waals surface area contributed by atoms with Crippen LogP contribution in [0.5, 0.6) is 5.75 Å². The second-order valence-corrected chi connectivity index (χ2v) is 2.47. The summed E-state index contributed by atoms with van der Waals surface area (Å²) < 4.78 is 24.1. The lowest BCUT2D eigenvalue weighted by molar-refractivity contribution is 0.146. The molecule has 0 radical (unpaired) electrons. The number of aromatic hydroxyl groups is 1. The van der Waals surface area contributed by atoms with Crippen molar-refractivity contribution in [3.8, 4) is 5.75 Å². The van der Waals surface area contributed by atoms with Crippen LogP contribution < -0.4 is 5.73 Å². The molecule has 0 fully saturated rings. The molecule has 0 aliphatic carbocycles. The Hall–Kier alpha value is -1.10. The minimum absolute atomic E-state index is 0.295. The fraction of sp³-hybridized carbons (Fsp3) is 0.167. The van der Waals surface area contributed by atoms with Crippen LogP contribution in [0.4, 0.5) is 14.6 Å². The van der Waals surface area contributed by atoms with E-state index in [1.165, 1.54) is 0 Å². The van der Waals surface area contributed by atoms with E-state index in [-0.39, 0.29) is 10.8 Å². The number of nitrogens with zero attached hydrogens (tertiary/aromatic N) is 1. The smallest absolute Gasteiger partial charge is 0.281 e. The average molecular weight is 195 g/mol. The third-order valence-corrected chi connectivity index (χ3v) is 1.52. The van der Waals surface area contributed by atoms with E-state index < -0.39 is 17.9 Å². The Morgan fingerprint density at radius 3 is 2.67 bits per heavy atom. The Balaban J connectivity index is 3.23. The van der Waals surface area contributed by atoms with Crippen molar-refractivity contribution >= 4 is 17.4 Å². The van der Waals surface area contributed by atoms with Crippen LogP contribution >= 0.6 is 11.6 Å². The SMILES string of the molecule is Nc1nc(C(F)F)c(Cl)cc1O. The zero-order valence-electron chi connectivity index (χ0n) is 5.76. The van der Waals surface area contributed by atoms with Gasteiger partial charge in [-0.1, -0.05) is 11.6 Å². The predicted molar refractivity (Wildman–Crippen MR) is 40.3 cm³/mol. The number of anilines is 1. The summed E-state index contributed by atoms with van der Waals surface area (Å²) in [4.78, 5) is 3.22. The van der Waals surface area contributed by atoms with Crippen LogP contribution in [0, 0.1) is 0 Å². The molecule has 0 saturated heterocycles. The molecule has 0 atom stereocenters. The molecule has 0 aromatic carbocycles. The fourth-order valence-corrected chi connectivity index (χ4v) is 0.889. The summed E-state index contributed by atoms with van der Waals surface area (Å²) in [5, 5.41) is 8.59. The summed E-state index contributed by atoms with van der Waals surface area (Å²) in [5.41, 5.74) is 4.46. The van der Waals surface area contributed by atoms with Crippen LogP contribution in [0.1, 0.15) is 12.1 Å². The van der Waals surface area contributed by atoms with Crippen LogP contribution in [-0.4, -0.2) is 10.1 Å². The van der Waals surface area contributed by atoms with Gasteiger partial charge in [-0.15, -0.1) is 0 Å². The van der Waals surface area contributed by atoms with E-state index in [0.29, 0.717) is 0 Å². The Bertz CT molecular complexity index is 306. The zero-order chi connectivity index (χ0) is 9.30.